The molecule has 0 aliphatic carbocycles. The van der Waals surface area contributed by atoms with Crippen molar-refractivity contribution in [3.05, 3.63) is 23.4 Å². The maximum atomic E-state index is 5.11. The normalized spacial score (nSPS) is 21.3. The summed E-state index contributed by atoms with van der Waals surface area (Å²) in [6.07, 6.45) is 3.82. The minimum absolute atomic E-state index is 0.483. The highest BCUT2D eigenvalue weighted by Crippen LogP contribution is 2.25. The molecule has 1 aromatic rings. The third-order valence-corrected chi connectivity index (χ3v) is 3.00. The molecule has 1 fully saturated rings. The molecule has 82 valence electrons. The number of piperidine rings is 1. The van der Waals surface area contributed by atoms with Crippen molar-refractivity contribution in [3.8, 4) is 5.88 Å². The zero-order valence-electron chi connectivity index (χ0n) is 9.42. The summed E-state index contributed by atoms with van der Waals surface area (Å²) in [5.41, 5.74) is 2.39. The molecule has 0 radical (unpaired) electrons. The average Bonchev–Trinajstić information content (AvgIpc) is 2.30. The van der Waals surface area contributed by atoms with Crippen molar-refractivity contribution in [1.82, 2.24) is 10.3 Å². The third kappa shape index (κ3) is 2.29. The lowest BCUT2D eigenvalue weighted by molar-refractivity contribution is 0.390. The Balaban J connectivity index is 2.19. The lowest BCUT2D eigenvalue weighted by Crippen LogP contribution is -2.27. The predicted molar refractivity (Wildman–Crippen MR) is 60.1 cm³/mol. The molecular weight excluding hydrogens is 188 g/mol. The molecule has 0 bridgehead atoms. The SMILES string of the molecule is COc1ccc(C2CCCCN2)c(C)n1. The van der Waals surface area contributed by atoms with Crippen molar-refractivity contribution < 1.29 is 4.74 Å². The van der Waals surface area contributed by atoms with Crippen LogP contribution in [0.25, 0.3) is 0 Å². The van der Waals surface area contributed by atoms with Crippen LogP contribution < -0.4 is 10.1 Å². The second kappa shape index (κ2) is 4.62. The van der Waals surface area contributed by atoms with E-state index in [-0.39, 0.29) is 0 Å². The van der Waals surface area contributed by atoms with Gasteiger partial charge in [-0.15, -0.1) is 0 Å². The Kier molecular flexibility index (Phi) is 3.21. The van der Waals surface area contributed by atoms with Crippen LogP contribution in [-0.2, 0) is 0 Å². The zero-order valence-corrected chi connectivity index (χ0v) is 9.42. The highest BCUT2D eigenvalue weighted by atomic mass is 16.5. The average molecular weight is 206 g/mol. The van der Waals surface area contributed by atoms with Crippen molar-refractivity contribution in [2.45, 2.75) is 32.2 Å². The lowest BCUT2D eigenvalue weighted by atomic mass is 9.97. The second-order valence-corrected chi connectivity index (χ2v) is 4.03. The van der Waals surface area contributed by atoms with Gasteiger partial charge in [0.1, 0.15) is 0 Å². The van der Waals surface area contributed by atoms with Crippen LogP contribution in [0.5, 0.6) is 5.88 Å². The number of hydrogen-bond donors (Lipinski definition) is 1. The summed E-state index contributed by atoms with van der Waals surface area (Å²) < 4.78 is 5.11. The number of nitrogens with one attached hydrogen (secondary N) is 1. The van der Waals surface area contributed by atoms with Crippen LogP contribution in [0, 0.1) is 6.92 Å². The van der Waals surface area contributed by atoms with Gasteiger partial charge in [0.2, 0.25) is 5.88 Å². The Bertz CT molecular complexity index is 332. The standard InChI is InChI=1S/C12H18N2O/c1-9-10(6-7-12(14-9)15-2)11-5-3-4-8-13-11/h6-7,11,13H,3-5,8H2,1-2H3. The van der Waals surface area contributed by atoms with E-state index in [4.69, 9.17) is 4.74 Å². The quantitative estimate of drug-likeness (QED) is 0.805. The van der Waals surface area contributed by atoms with Crippen LogP contribution in [0.1, 0.15) is 36.6 Å². The van der Waals surface area contributed by atoms with Gasteiger partial charge >= 0.3 is 0 Å². The largest absolute Gasteiger partial charge is 0.481 e. The number of hydrogen-bond acceptors (Lipinski definition) is 3. The minimum atomic E-state index is 0.483. The molecule has 0 saturated carbocycles. The van der Waals surface area contributed by atoms with Crippen LogP contribution in [0.15, 0.2) is 12.1 Å². The fourth-order valence-corrected chi connectivity index (χ4v) is 2.15. The van der Waals surface area contributed by atoms with E-state index < -0.39 is 0 Å². The smallest absolute Gasteiger partial charge is 0.213 e. The molecule has 2 heterocycles. The van der Waals surface area contributed by atoms with Gasteiger partial charge in [0.25, 0.3) is 0 Å². The first-order chi connectivity index (χ1) is 7.31. The molecule has 1 aromatic heterocycles. The van der Waals surface area contributed by atoms with Gasteiger partial charge in [0.05, 0.1) is 7.11 Å². The van der Waals surface area contributed by atoms with E-state index in [1.165, 1.54) is 24.8 Å². The van der Waals surface area contributed by atoms with E-state index in [9.17, 15) is 0 Å². The van der Waals surface area contributed by atoms with Crippen LogP contribution >= 0.6 is 0 Å². The fourth-order valence-electron chi connectivity index (χ4n) is 2.15. The van der Waals surface area contributed by atoms with Gasteiger partial charge in [0, 0.05) is 17.8 Å². The van der Waals surface area contributed by atoms with Crippen LogP contribution in [0.2, 0.25) is 0 Å². The summed E-state index contributed by atoms with van der Waals surface area (Å²) in [6, 6.07) is 4.56. The predicted octanol–water partition coefficient (Wildman–Crippen LogP) is 2.21. The maximum Gasteiger partial charge on any atom is 0.213 e. The Morgan fingerprint density at radius 1 is 1.40 bits per heavy atom. The van der Waals surface area contributed by atoms with Crippen molar-refractivity contribution in [1.29, 1.82) is 0 Å². The van der Waals surface area contributed by atoms with Gasteiger partial charge in [-0.1, -0.05) is 12.5 Å². The van der Waals surface area contributed by atoms with E-state index in [0.717, 1.165) is 12.2 Å². The van der Waals surface area contributed by atoms with Gasteiger partial charge < -0.3 is 10.1 Å². The summed E-state index contributed by atoms with van der Waals surface area (Å²) in [4.78, 5) is 4.40. The molecule has 1 atom stereocenters. The first-order valence-electron chi connectivity index (χ1n) is 5.56. The molecule has 1 aliphatic heterocycles. The maximum absolute atomic E-state index is 5.11. The van der Waals surface area contributed by atoms with E-state index >= 15 is 0 Å². The summed E-state index contributed by atoms with van der Waals surface area (Å²) in [5.74, 6) is 0.701. The van der Waals surface area contributed by atoms with E-state index in [0.29, 0.717) is 11.9 Å². The number of aryl methyl sites for hydroxylation is 1. The Morgan fingerprint density at radius 2 is 2.27 bits per heavy atom. The monoisotopic (exact) mass is 206 g/mol. The molecule has 1 aliphatic rings. The summed E-state index contributed by atoms with van der Waals surface area (Å²) in [6.45, 7) is 3.17. The number of rotatable bonds is 2. The molecule has 0 spiro atoms. The Morgan fingerprint density at radius 3 is 2.87 bits per heavy atom. The number of ether oxygens (including phenoxy) is 1. The Hall–Kier alpha value is -1.09. The van der Waals surface area contributed by atoms with E-state index in [1.54, 1.807) is 7.11 Å². The molecule has 1 unspecified atom stereocenters. The fraction of sp³-hybridized carbons (Fsp3) is 0.583. The van der Waals surface area contributed by atoms with Crippen LogP contribution in [0.4, 0.5) is 0 Å². The molecule has 0 amide bonds. The molecule has 3 nitrogen and oxygen atoms in total. The third-order valence-electron chi connectivity index (χ3n) is 3.00. The van der Waals surface area contributed by atoms with E-state index in [2.05, 4.69) is 16.4 Å². The number of methoxy groups -OCH3 is 1. The number of nitrogens with zero attached hydrogens (tertiary/aromatic N) is 1. The van der Waals surface area contributed by atoms with Crippen molar-refractivity contribution >= 4 is 0 Å². The molecule has 1 N–H and O–H groups in total. The van der Waals surface area contributed by atoms with Gasteiger partial charge in [-0.25, -0.2) is 4.98 Å². The highest BCUT2D eigenvalue weighted by molar-refractivity contribution is 5.28. The summed E-state index contributed by atoms with van der Waals surface area (Å²) >= 11 is 0. The second-order valence-electron chi connectivity index (χ2n) is 4.03. The number of pyridine rings is 1. The van der Waals surface area contributed by atoms with Gasteiger partial charge in [-0.2, -0.15) is 0 Å². The van der Waals surface area contributed by atoms with Gasteiger partial charge in [-0.3, -0.25) is 0 Å². The molecule has 15 heavy (non-hydrogen) atoms. The van der Waals surface area contributed by atoms with Crippen molar-refractivity contribution in [2.24, 2.45) is 0 Å². The first-order valence-corrected chi connectivity index (χ1v) is 5.56. The topological polar surface area (TPSA) is 34.1 Å². The summed E-state index contributed by atoms with van der Waals surface area (Å²) in [5, 5.41) is 3.53. The molecule has 3 heteroatoms. The highest BCUT2D eigenvalue weighted by Gasteiger charge is 2.17. The van der Waals surface area contributed by atoms with Crippen LogP contribution in [0.3, 0.4) is 0 Å². The zero-order chi connectivity index (χ0) is 10.7. The molecule has 0 aromatic carbocycles. The molecular formula is C12H18N2O. The van der Waals surface area contributed by atoms with Crippen molar-refractivity contribution in [2.75, 3.05) is 13.7 Å². The molecule has 2 rings (SSSR count). The lowest BCUT2D eigenvalue weighted by Gasteiger charge is -2.24. The Labute approximate surface area is 90.9 Å². The van der Waals surface area contributed by atoms with E-state index in [1.807, 2.05) is 13.0 Å². The molecule has 1 saturated heterocycles. The van der Waals surface area contributed by atoms with Crippen molar-refractivity contribution in [3.63, 3.8) is 0 Å². The van der Waals surface area contributed by atoms with Gasteiger partial charge in [0.15, 0.2) is 0 Å². The van der Waals surface area contributed by atoms with Crippen LogP contribution in [-0.4, -0.2) is 18.6 Å². The minimum Gasteiger partial charge on any atom is -0.481 e. The first kappa shape index (κ1) is 10.4. The summed E-state index contributed by atoms with van der Waals surface area (Å²) in [7, 11) is 1.65. The number of aromatic nitrogens is 1. The van der Waals surface area contributed by atoms with Gasteiger partial charge in [-0.05, 0) is 31.9 Å².